The highest BCUT2D eigenvalue weighted by atomic mass is 79.9. The Kier molecular flexibility index (Phi) is 5.65. The minimum absolute atomic E-state index is 0.0236. The molecule has 0 aliphatic rings. The quantitative estimate of drug-likeness (QED) is 0.737. The minimum atomic E-state index is -1.03. The Hall–Kier alpha value is -1.07. The average Bonchev–Trinajstić information content (AvgIpc) is 2.43. The van der Waals surface area contributed by atoms with Crippen molar-refractivity contribution in [1.29, 1.82) is 0 Å². The second kappa shape index (κ2) is 7.27. The van der Waals surface area contributed by atoms with Crippen molar-refractivity contribution in [2.24, 2.45) is 0 Å². The van der Waals surface area contributed by atoms with Crippen LogP contribution >= 0.6 is 27.7 Å². The van der Waals surface area contributed by atoms with Crippen LogP contribution in [0.25, 0.3) is 10.9 Å². The van der Waals surface area contributed by atoms with Crippen molar-refractivity contribution >= 4 is 44.6 Å². The van der Waals surface area contributed by atoms with Gasteiger partial charge < -0.3 is 9.90 Å². The number of benzene rings is 1. The number of unbranched alkanes of at least 4 members (excludes halogenated alkanes) is 1. The zero-order chi connectivity index (χ0) is 15.4. The smallest absolute Gasteiger partial charge is 0.212 e. The van der Waals surface area contributed by atoms with E-state index in [4.69, 9.17) is 0 Å². The molecular formula is C16H18BrNO2S. The molecule has 3 nitrogen and oxygen atoms in total. The number of aliphatic carboxylic acids is 1. The number of aromatic amines is 1. The highest BCUT2D eigenvalue weighted by molar-refractivity contribution is 9.10. The molecule has 0 aliphatic carbocycles. The number of halogens is 1. The van der Waals surface area contributed by atoms with Gasteiger partial charge in [-0.1, -0.05) is 29.3 Å². The number of H-pyrrole nitrogens is 1. The number of carbonyl (C=O) groups is 1. The molecule has 1 aromatic heterocycles. The number of aryl methyl sites for hydroxylation is 1. The first-order valence-corrected chi connectivity index (χ1v) is 8.77. The molecule has 112 valence electrons. The highest BCUT2D eigenvalue weighted by Gasteiger charge is 2.17. The van der Waals surface area contributed by atoms with Crippen molar-refractivity contribution in [2.45, 2.75) is 38.0 Å². The van der Waals surface area contributed by atoms with Crippen LogP contribution in [0.3, 0.4) is 0 Å². The molecule has 1 heterocycles. The second-order valence-corrected chi connectivity index (χ2v) is 6.91. The lowest BCUT2D eigenvalue weighted by atomic mass is 10.0. The summed E-state index contributed by atoms with van der Waals surface area (Å²) in [4.78, 5) is 15.3. The normalized spacial score (nSPS) is 11.0. The van der Waals surface area contributed by atoms with Gasteiger partial charge in [0.15, 0.2) is 5.69 Å². The van der Waals surface area contributed by atoms with Crippen LogP contribution in [0.4, 0.5) is 0 Å². The molecule has 21 heavy (non-hydrogen) atoms. The monoisotopic (exact) mass is 367 g/mol. The lowest BCUT2D eigenvalue weighted by Gasteiger charge is -2.12. The van der Waals surface area contributed by atoms with Crippen LogP contribution < -0.4 is 10.1 Å². The van der Waals surface area contributed by atoms with Gasteiger partial charge in [-0.2, -0.15) is 0 Å². The van der Waals surface area contributed by atoms with Gasteiger partial charge in [-0.15, -0.1) is 11.8 Å². The fraction of sp³-hybridized carbons (Fsp3) is 0.375. The SMILES string of the molecule is CCCCc1c(C)[nH+]c2ccc(Br)cc2c1SCC(=O)[O-]. The van der Waals surface area contributed by atoms with Crippen LogP contribution in [0.1, 0.15) is 31.0 Å². The number of carbonyl (C=O) groups excluding carboxylic acids is 1. The van der Waals surface area contributed by atoms with Gasteiger partial charge in [0.2, 0.25) is 5.52 Å². The van der Waals surface area contributed by atoms with Crippen molar-refractivity contribution < 1.29 is 14.9 Å². The van der Waals surface area contributed by atoms with Gasteiger partial charge in [-0.3, -0.25) is 0 Å². The van der Waals surface area contributed by atoms with Gasteiger partial charge in [0.25, 0.3) is 0 Å². The average molecular weight is 368 g/mol. The fourth-order valence-corrected chi connectivity index (χ4v) is 3.75. The molecule has 0 bridgehead atoms. The molecule has 2 aromatic rings. The Morgan fingerprint density at radius 2 is 2.19 bits per heavy atom. The molecule has 0 fully saturated rings. The third-order valence-electron chi connectivity index (χ3n) is 3.39. The van der Waals surface area contributed by atoms with Crippen LogP contribution in [0.2, 0.25) is 0 Å². The van der Waals surface area contributed by atoms with Crippen molar-refractivity contribution in [1.82, 2.24) is 0 Å². The molecule has 5 heteroatoms. The predicted molar refractivity (Wildman–Crippen MR) is 87.3 cm³/mol. The molecule has 0 saturated carbocycles. The molecule has 0 spiro atoms. The summed E-state index contributed by atoms with van der Waals surface area (Å²) in [6.45, 7) is 4.21. The van der Waals surface area contributed by atoms with E-state index in [1.165, 1.54) is 17.3 Å². The first kappa shape index (κ1) is 16.3. The summed E-state index contributed by atoms with van der Waals surface area (Å²) in [7, 11) is 0. The van der Waals surface area contributed by atoms with Gasteiger partial charge in [-0.05, 0) is 25.0 Å². The summed E-state index contributed by atoms with van der Waals surface area (Å²) in [5, 5.41) is 11.9. The lowest BCUT2D eigenvalue weighted by Crippen LogP contribution is -2.24. The molecule has 0 saturated heterocycles. The Morgan fingerprint density at radius 3 is 2.86 bits per heavy atom. The van der Waals surface area contributed by atoms with Crippen LogP contribution in [0, 0.1) is 6.92 Å². The molecular weight excluding hydrogens is 350 g/mol. The minimum Gasteiger partial charge on any atom is -0.549 e. The number of carboxylic acids is 1. The Morgan fingerprint density at radius 1 is 1.43 bits per heavy atom. The van der Waals surface area contributed by atoms with E-state index in [-0.39, 0.29) is 5.75 Å². The molecule has 0 aliphatic heterocycles. The Labute approximate surface area is 137 Å². The van der Waals surface area contributed by atoms with Crippen molar-refractivity contribution in [3.63, 3.8) is 0 Å². The first-order valence-electron chi connectivity index (χ1n) is 6.99. The summed E-state index contributed by atoms with van der Waals surface area (Å²) >= 11 is 4.85. The van der Waals surface area contributed by atoms with E-state index < -0.39 is 5.97 Å². The number of hydrogen-bond acceptors (Lipinski definition) is 3. The van der Waals surface area contributed by atoms with Crippen molar-refractivity contribution in [2.75, 3.05) is 5.75 Å². The number of fused-ring (bicyclic) bond motifs is 1. The molecule has 2 rings (SSSR count). The number of nitrogens with one attached hydrogen (secondary N) is 1. The standard InChI is InChI=1S/C16H18BrNO2S/c1-3-4-5-12-10(2)18-14-7-6-11(17)8-13(14)16(12)21-9-15(19)20/h6-8H,3-5,9H2,1-2H3,(H,19,20). The topological polar surface area (TPSA) is 54.3 Å². The fourth-order valence-electron chi connectivity index (χ4n) is 2.37. The summed E-state index contributed by atoms with van der Waals surface area (Å²) in [5.74, 6) is -1.06. The number of carboxylic acid groups (broad SMARTS) is 1. The third kappa shape index (κ3) is 3.98. The van der Waals surface area contributed by atoms with Crippen LogP contribution in [-0.2, 0) is 11.2 Å². The van der Waals surface area contributed by atoms with Crippen molar-refractivity contribution in [3.8, 4) is 0 Å². The summed E-state index contributed by atoms with van der Waals surface area (Å²) in [6, 6.07) is 6.04. The second-order valence-electron chi connectivity index (χ2n) is 5.01. The van der Waals surface area contributed by atoms with E-state index in [0.717, 1.165) is 45.2 Å². The summed E-state index contributed by atoms with van der Waals surface area (Å²) < 4.78 is 0.990. The predicted octanol–water partition coefficient (Wildman–Crippen LogP) is 2.91. The molecule has 0 radical (unpaired) electrons. The van der Waals surface area contributed by atoms with E-state index >= 15 is 0 Å². The maximum absolute atomic E-state index is 10.8. The molecule has 1 aromatic carbocycles. The van der Waals surface area contributed by atoms with Crippen LogP contribution in [-0.4, -0.2) is 11.7 Å². The van der Waals surface area contributed by atoms with Gasteiger partial charge in [0.05, 0.1) is 11.4 Å². The Balaban J connectivity index is 2.58. The maximum Gasteiger partial charge on any atom is 0.212 e. The van der Waals surface area contributed by atoms with Gasteiger partial charge in [0, 0.05) is 33.7 Å². The zero-order valence-corrected chi connectivity index (χ0v) is 14.6. The van der Waals surface area contributed by atoms with E-state index in [9.17, 15) is 9.90 Å². The first-order chi connectivity index (χ1) is 10.0. The van der Waals surface area contributed by atoms with E-state index in [1.807, 2.05) is 18.2 Å². The van der Waals surface area contributed by atoms with Gasteiger partial charge in [0.1, 0.15) is 0 Å². The van der Waals surface area contributed by atoms with Crippen LogP contribution in [0.15, 0.2) is 27.6 Å². The lowest BCUT2D eigenvalue weighted by molar-refractivity contribution is -0.356. The number of thioether (sulfide) groups is 1. The van der Waals surface area contributed by atoms with E-state index in [1.54, 1.807) is 0 Å². The number of rotatable bonds is 6. The number of pyridine rings is 1. The summed E-state index contributed by atoms with van der Waals surface area (Å²) in [6.07, 6.45) is 3.16. The van der Waals surface area contributed by atoms with Crippen molar-refractivity contribution in [3.05, 3.63) is 33.9 Å². The summed E-state index contributed by atoms with van der Waals surface area (Å²) in [5.41, 5.74) is 3.35. The molecule has 0 amide bonds. The maximum atomic E-state index is 10.8. The third-order valence-corrected chi connectivity index (χ3v) is 5.02. The molecule has 0 unspecified atom stereocenters. The Bertz CT molecular complexity index is 673. The number of hydrogen-bond donors (Lipinski definition) is 0. The zero-order valence-electron chi connectivity index (χ0n) is 12.2. The highest BCUT2D eigenvalue weighted by Crippen LogP contribution is 2.33. The number of aromatic nitrogens is 1. The van der Waals surface area contributed by atoms with Crippen LogP contribution in [0.5, 0.6) is 0 Å². The largest absolute Gasteiger partial charge is 0.549 e. The molecule has 0 atom stereocenters. The van der Waals surface area contributed by atoms with E-state index in [2.05, 4.69) is 34.8 Å². The molecule has 1 N–H and O–H groups in total. The van der Waals surface area contributed by atoms with Gasteiger partial charge >= 0.3 is 0 Å². The van der Waals surface area contributed by atoms with Gasteiger partial charge in [-0.25, -0.2) is 4.98 Å². The van der Waals surface area contributed by atoms with E-state index in [0.29, 0.717) is 0 Å².